The lowest BCUT2D eigenvalue weighted by atomic mass is 9.78. The van der Waals surface area contributed by atoms with Crippen LogP contribution in [0.5, 0.6) is 0 Å². The van der Waals surface area contributed by atoms with Crippen LogP contribution in [0.4, 0.5) is 0 Å². The van der Waals surface area contributed by atoms with Gasteiger partial charge in [0, 0.05) is 18.7 Å². The van der Waals surface area contributed by atoms with Gasteiger partial charge < -0.3 is 0 Å². The third-order valence-corrected chi connectivity index (χ3v) is 4.72. The fourth-order valence-corrected chi connectivity index (χ4v) is 2.72. The fraction of sp³-hybridized carbons (Fsp3) is 0.429. The van der Waals surface area contributed by atoms with Crippen molar-refractivity contribution in [2.75, 3.05) is 0 Å². The summed E-state index contributed by atoms with van der Waals surface area (Å²) in [6.45, 7) is 3.08. The Morgan fingerprint density at radius 3 is 3.06 bits per heavy atom. The number of hydrogen-bond acceptors (Lipinski definition) is 2. The molecule has 2 unspecified atom stereocenters. The molecule has 2 atom stereocenters. The van der Waals surface area contributed by atoms with Crippen molar-refractivity contribution in [3.8, 4) is 0 Å². The Kier molecular flexibility index (Phi) is 3.20. The van der Waals surface area contributed by atoms with E-state index >= 15 is 0 Å². The first kappa shape index (κ1) is 11.9. The van der Waals surface area contributed by atoms with Crippen molar-refractivity contribution in [3.63, 3.8) is 0 Å². The van der Waals surface area contributed by atoms with Crippen LogP contribution in [-0.4, -0.2) is 15.0 Å². The maximum absolute atomic E-state index is 4.22. The lowest BCUT2D eigenvalue weighted by Crippen LogP contribution is -2.22. The molecule has 0 aliphatic heterocycles. The van der Waals surface area contributed by atoms with E-state index in [-0.39, 0.29) is 0 Å². The van der Waals surface area contributed by atoms with Gasteiger partial charge in [0.05, 0.1) is 10.5 Å². The van der Waals surface area contributed by atoms with Crippen LogP contribution in [-0.2, 0) is 13.0 Å². The molecule has 18 heavy (non-hydrogen) atoms. The van der Waals surface area contributed by atoms with Crippen LogP contribution >= 0.6 is 15.9 Å². The smallest absolute Gasteiger partial charge is 0.0963 e. The number of hydrogen-bond donors (Lipinski definition) is 0. The molecule has 0 N–H and O–H groups in total. The summed E-state index contributed by atoms with van der Waals surface area (Å²) in [5.41, 5.74) is 3.99. The number of aromatic nitrogens is 3. The minimum atomic E-state index is 0.319. The maximum atomic E-state index is 4.22. The number of benzene rings is 1. The Morgan fingerprint density at radius 2 is 2.28 bits per heavy atom. The Balaban J connectivity index is 1.70. The SMILES string of the molecule is CCC(Br)c1cn(CC2Cc3ccccc32)nn1. The standard InChI is InChI=1S/C14H16BrN3/c1-2-13(15)14-9-18(17-16-14)8-11-7-10-5-3-4-6-12(10)11/h3-6,9,11,13H,2,7-8H2,1H3. The quantitative estimate of drug-likeness (QED) is 0.810. The van der Waals surface area contributed by atoms with Crippen molar-refractivity contribution in [2.45, 2.75) is 37.1 Å². The highest BCUT2D eigenvalue weighted by Gasteiger charge is 2.26. The summed E-state index contributed by atoms with van der Waals surface area (Å²) in [6.07, 6.45) is 4.26. The van der Waals surface area contributed by atoms with Crippen LogP contribution in [0.3, 0.4) is 0 Å². The Labute approximate surface area is 115 Å². The topological polar surface area (TPSA) is 30.7 Å². The maximum Gasteiger partial charge on any atom is 0.0963 e. The predicted octanol–water partition coefficient (Wildman–Crippen LogP) is 3.46. The van der Waals surface area contributed by atoms with E-state index in [2.05, 4.69) is 63.6 Å². The zero-order valence-corrected chi connectivity index (χ0v) is 12.0. The molecule has 0 fully saturated rings. The summed E-state index contributed by atoms with van der Waals surface area (Å²) in [5.74, 6) is 0.603. The molecule has 3 rings (SSSR count). The molecule has 0 bridgehead atoms. The van der Waals surface area contributed by atoms with E-state index in [0.29, 0.717) is 10.7 Å². The summed E-state index contributed by atoms with van der Waals surface area (Å²) < 4.78 is 1.97. The van der Waals surface area contributed by atoms with Crippen LogP contribution in [0.25, 0.3) is 0 Å². The number of fused-ring (bicyclic) bond motifs is 1. The van der Waals surface area contributed by atoms with Crippen LogP contribution < -0.4 is 0 Å². The van der Waals surface area contributed by atoms with E-state index in [0.717, 1.165) is 25.1 Å². The highest BCUT2D eigenvalue weighted by molar-refractivity contribution is 9.09. The molecule has 0 saturated heterocycles. The Bertz CT molecular complexity index is 549. The minimum Gasteiger partial charge on any atom is -0.252 e. The van der Waals surface area contributed by atoms with Gasteiger partial charge in [0.1, 0.15) is 0 Å². The highest BCUT2D eigenvalue weighted by Crippen LogP contribution is 2.35. The monoisotopic (exact) mass is 305 g/mol. The largest absolute Gasteiger partial charge is 0.252 e. The first-order chi connectivity index (χ1) is 8.78. The number of halogens is 1. The molecule has 0 amide bonds. The average molecular weight is 306 g/mol. The molecule has 0 radical (unpaired) electrons. The first-order valence-corrected chi connectivity index (χ1v) is 7.31. The third kappa shape index (κ3) is 2.09. The molecular weight excluding hydrogens is 290 g/mol. The van der Waals surface area contributed by atoms with E-state index in [1.807, 2.05) is 4.68 Å². The summed E-state index contributed by atoms with van der Waals surface area (Å²) in [5, 5.41) is 8.44. The van der Waals surface area contributed by atoms with E-state index in [1.54, 1.807) is 0 Å². The van der Waals surface area contributed by atoms with E-state index in [9.17, 15) is 0 Å². The molecule has 0 spiro atoms. The van der Waals surface area contributed by atoms with Crippen molar-refractivity contribution in [1.82, 2.24) is 15.0 Å². The summed E-state index contributed by atoms with van der Waals surface area (Å²) in [6, 6.07) is 8.66. The molecule has 1 aromatic heterocycles. The molecule has 2 aromatic rings. The lowest BCUT2D eigenvalue weighted by Gasteiger charge is -2.29. The lowest BCUT2D eigenvalue weighted by molar-refractivity contribution is 0.465. The van der Waals surface area contributed by atoms with Crippen molar-refractivity contribution in [1.29, 1.82) is 0 Å². The summed E-state index contributed by atoms with van der Waals surface area (Å²) in [7, 11) is 0. The number of nitrogens with zero attached hydrogens (tertiary/aromatic N) is 3. The number of rotatable bonds is 4. The Morgan fingerprint density at radius 1 is 1.44 bits per heavy atom. The van der Waals surface area contributed by atoms with Gasteiger partial charge in [-0.1, -0.05) is 52.3 Å². The summed E-state index contributed by atoms with van der Waals surface area (Å²) >= 11 is 3.61. The molecule has 1 aliphatic carbocycles. The second-order valence-corrected chi connectivity index (χ2v) is 5.95. The van der Waals surface area contributed by atoms with Crippen LogP contribution in [0.15, 0.2) is 30.5 Å². The molecule has 3 nitrogen and oxygen atoms in total. The molecule has 4 heteroatoms. The van der Waals surface area contributed by atoms with E-state index in [4.69, 9.17) is 0 Å². The molecule has 1 aliphatic rings. The molecular formula is C14H16BrN3. The van der Waals surface area contributed by atoms with Crippen LogP contribution in [0, 0.1) is 0 Å². The van der Waals surface area contributed by atoms with Gasteiger partial charge in [0.2, 0.25) is 0 Å². The molecule has 94 valence electrons. The van der Waals surface area contributed by atoms with Crippen LogP contribution in [0.2, 0.25) is 0 Å². The minimum absolute atomic E-state index is 0.319. The zero-order valence-electron chi connectivity index (χ0n) is 10.4. The van der Waals surface area contributed by atoms with Gasteiger partial charge in [0.15, 0.2) is 0 Å². The fourth-order valence-electron chi connectivity index (χ4n) is 2.51. The van der Waals surface area contributed by atoms with Gasteiger partial charge >= 0.3 is 0 Å². The van der Waals surface area contributed by atoms with Crippen molar-refractivity contribution in [3.05, 3.63) is 47.3 Å². The van der Waals surface area contributed by atoms with Gasteiger partial charge in [-0.3, -0.25) is 4.68 Å². The first-order valence-electron chi connectivity index (χ1n) is 6.40. The summed E-state index contributed by atoms with van der Waals surface area (Å²) in [4.78, 5) is 0.319. The normalized spacial score (nSPS) is 19.1. The van der Waals surface area contributed by atoms with Crippen molar-refractivity contribution >= 4 is 15.9 Å². The van der Waals surface area contributed by atoms with Crippen LogP contribution in [0.1, 0.15) is 40.9 Å². The van der Waals surface area contributed by atoms with Gasteiger partial charge in [0.25, 0.3) is 0 Å². The second-order valence-electron chi connectivity index (χ2n) is 4.84. The average Bonchev–Trinajstić information content (AvgIpc) is 2.84. The van der Waals surface area contributed by atoms with Crippen molar-refractivity contribution < 1.29 is 0 Å². The second kappa shape index (κ2) is 4.84. The Hall–Kier alpha value is -1.16. The molecule has 0 saturated carbocycles. The third-order valence-electron chi connectivity index (χ3n) is 3.60. The number of alkyl halides is 1. The van der Waals surface area contributed by atoms with Gasteiger partial charge in [-0.05, 0) is 24.0 Å². The zero-order chi connectivity index (χ0) is 12.5. The molecule has 1 heterocycles. The van der Waals surface area contributed by atoms with E-state index in [1.165, 1.54) is 11.1 Å². The van der Waals surface area contributed by atoms with Crippen molar-refractivity contribution in [2.24, 2.45) is 0 Å². The molecule has 1 aromatic carbocycles. The highest BCUT2D eigenvalue weighted by atomic mass is 79.9. The van der Waals surface area contributed by atoms with Gasteiger partial charge in [-0.25, -0.2) is 0 Å². The van der Waals surface area contributed by atoms with Gasteiger partial charge in [-0.2, -0.15) is 0 Å². The van der Waals surface area contributed by atoms with E-state index < -0.39 is 0 Å². The predicted molar refractivity (Wildman–Crippen MR) is 74.9 cm³/mol. The van der Waals surface area contributed by atoms with Gasteiger partial charge in [-0.15, -0.1) is 5.10 Å².